The summed E-state index contributed by atoms with van der Waals surface area (Å²) in [5.41, 5.74) is 2.42. The van der Waals surface area contributed by atoms with Crippen LogP contribution >= 0.6 is 0 Å². The third kappa shape index (κ3) is 1.66. The van der Waals surface area contributed by atoms with Gasteiger partial charge in [-0.15, -0.1) is 8.78 Å². The van der Waals surface area contributed by atoms with Gasteiger partial charge in [-0.3, -0.25) is 0 Å². The molecule has 1 atom stereocenters. The van der Waals surface area contributed by atoms with Gasteiger partial charge in [0.05, 0.1) is 18.1 Å². The minimum absolute atomic E-state index is 0.0527. The van der Waals surface area contributed by atoms with Crippen LogP contribution in [-0.4, -0.2) is 22.8 Å². The summed E-state index contributed by atoms with van der Waals surface area (Å²) in [4.78, 5) is 7.34. The standard InChI is InChI=1S/C13H11F2N3O2/c14-13(15)19-9-3-1-2-7(12(9)20-13)10-11-8(4-5-16-10)17-6-18-11/h1-3,6,10,16H,4-5H2,(H,17,18). The molecule has 1 unspecified atom stereocenters. The van der Waals surface area contributed by atoms with Crippen molar-refractivity contribution >= 4 is 0 Å². The lowest BCUT2D eigenvalue weighted by Gasteiger charge is -2.24. The predicted octanol–water partition coefficient (Wildman–Crippen LogP) is 1.97. The smallest absolute Gasteiger partial charge is 0.395 e. The van der Waals surface area contributed by atoms with E-state index >= 15 is 0 Å². The van der Waals surface area contributed by atoms with Gasteiger partial charge >= 0.3 is 6.29 Å². The maximum absolute atomic E-state index is 13.2. The summed E-state index contributed by atoms with van der Waals surface area (Å²) in [6, 6.07) is 4.60. The molecule has 2 N–H and O–H groups in total. The van der Waals surface area contributed by atoms with Gasteiger partial charge in [-0.2, -0.15) is 0 Å². The van der Waals surface area contributed by atoms with E-state index in [4.69, 9.17) is 0 Å². The van der Waals surface area contributed by atoms with Crippen LogP contribution in [0, 0.1) is 0 Å². The van der Waals surface area contributed by atoms with E-state index in [9.17, 15) is 8.78 Å². The molecule has 3 heterocycles. The predicted molar refractivity (Wildman–Crippen MR) is 64.8 cm³/mol. The van der Waals surface area contributed by atoms with E-state index in [1.54, 1.807) is 18.5 Å². The lowest BCUT2D eigenvalue weighted by Crippen LogP contribution is -2.31. The monoisotopic (exact) mass is 279 g/mol. The first kappa shape index (κ1) is 11.7. The largest absolute Gasteiger partial charge is 0.586 e. The van der Waals surface area contributed by atoms with Crippen molar-refractivity contribution in [2.24, 2.45) is 0 Å². The number of fused-ring (bicyclic) bond motifs is 2. The fourth-order valence-corrected chi connectivity index (χ4v) is 2.69. The van der Waals surface area contributed by atoms with Gasteiger partial charge < -0.3 is 19.8 Å². The molecule has 0 amide bonds. The molecule has 7 heteroatoms. The summed E-state index contributed by atoms with van der Waals surface area (Å²) in [6.07, 6.45) is -1.17. The van der Waals surface area contributed by atoms with Gasteiger partial charge in [0.15, 0.2) is 11.5 Å². The Kier molecular flexibility index (Phi) is 2.29. The van der Waals surface area contributed by atoms with Crippen LogP contribution < -0.4 is 14.8 Å². The topological polar surface area (TPSA) is 59.2 Å². The lowest BCUT2D eigenvalue weighted by atomic mass is 9.97. The van der Waals surface area contributed by atoms with E-state index in [0.717, 1.165) is 24.4 Å². The number of benzene rings is 1. The van der Waals surface area contributed by atoms with Gasteiger partial charge in [0, 0.05) is 24.2 Å². The van der Waals surface area contributed by atoms with E-state index < -0.39 is 6.29 Å². The van der Waals surface area contributed by atoms with Gasteiger partial charge in [-0.1, -0.05) is 12.1 Å². The Morgan fingerprint density at radius 1 is 1.30 bits per heavy atom. The number of nitrogens with zero attached hydrogens (tertiary/aromatic N) is 1. The minimum atomic E-state index is -3.61. The second-order valence-electron chi connectivity index (χ2n) is 4.75. The number of hydrogen-bond acceptors (Lipinski definition) is 4. The van der Waals surface area contributed by atoms with E-state index in [1.165, 1.54) is 6.07 Å². The van der Waals surface area contributed by atoms with E-state index in [0.29, 0.717) is 5.56 Å². The first-order chi connectivity index (χ1) is 9.64. The average molecular weight is 279 g/mol. The van der Waals surface area contributed by atoms with Crippen LogP contribution in [0.25, 0.3) is 0 Å². The number of hydrogen-bond donors (Lipinski definition) is 2. The molecule has 0 aliphatic carbocycles. The molecule has 0 saturated carbocycles. The maximum Gasteiger partial charge on any atom is 0.586 e. The van der Waals surface area contributed by atoms with Crippen LogP contribution in [-0.2, 0) is 6.42 Å². The molecule has 1 aromatic carbocycles. The molecule has 104 valence electrons. The average Bonchev–Trinajstić information content (AvgIpc) is 2.99. The highest BCUT2D eigenvalue weighted by Crippen LogP contribution is 2.46. The molecule has 1 aromatic heterocycles. The van der Waals surface area contributed by atoms with Gasteiger partial charge in [-0.25, -0.2) is 4.98 Å². The molecule has 0 spiro atoms. The second kappa shape index (κ2) is 3.92. The molecular formula is C13H11F2N3O2. The number of aromatic nitrogens is 2. The number of ether oxygens (including phenoxy) is 2. The summed E-state index contributed by atoms with van der Waals surface area (Å²) >= 11 is 0. The zero-order valence-corrected chi connectivity index (χ0v) is 10.3. The number of H-pyrrole nitrogens is 1. The van der Waals surface area contributed by atoms with E-state index in [1.807, 2.05) is 0 Å². The zero-order chi connectivity index (χ0) is 13.7. The van der Waals surface area contributed by atoms with Crippen LogP contribution in [0.2, 0.25) is 0 Å². The van der Waals surface area contributed by atoms with Crippen LogP contribution in [0.4, 0.5) is 8.78 Å². The quantitative estimate of drug-likeness (QED) is 0.838. The van der Waals surface area contributed by atoms with Crippen molar-refractivity contribution in [1.29, 1.82) is 0 Å². The summed E-state index contributed by atoms with van der Waals surface area (Å²) in [6.45, 7) is 0.737. The summed E-state index contributed by atoms with van der Waals surface area (Å²) in [5, 5.41) is 3.27. The van der Waals surface area contributed by atoms with Crippen LogP contribution in [0.5, 0.6) is 11.5 Å². The number of nitrogens with one attached hydrogen (secondary N) is 2. The Labute approximate surface area is 112 Å². The number of para-hydroxylation sites is 1. The Morgan fingerprint density at radius 3 is 3.10 bits per heavy atom. The fraction of sp³-hybridized carbons (Fsp3) is 0.308. The molecule has 0 fully saturated rings. The Morgan fingerprint density at radius 2 is 2.20 bits per heavy atom. The minimum Gasteiger partial charge on any atom is -0.395 e. The van der Waals surface area contributed by atoms with Crippen molar-refractivity contribution in [1.82, 2.24) is 15.3 Å². The van der Waals surface area contributed by atoms with Crippen molar-refractivity contribution in [3.63, 3.8) is 0 Å². The number of aromatic amines is 1. The second-order valence-corrected chi connectivity index (χ2v) is 4.75. The highest BCUT2D eigenvalue weighted by atomic mass is 19.3. The summed E-state index contributed by atoms with van der Waals surface area (Å²) < 4.78 is 35.6. The molecule has 2 aliphatic heterocycles. The lowest BCUT2D eigenvalue weighted by molar-refractivity contribution is -0.287. The third-order valence-electron chi connectivity index (χ3n) is 3.52. The molecule has 5 nitrogen and oxygen atoms in total. The number of alkyl halides is 2. The SMILES string of the molecule is FC1(F)Oc2cccc(C3NCCc4[nH]cnc43)c2O1. The first-order valence-electron chi connectivity index (χ1n) is 6.28. The van der Waals surface area contributed by atoms with E-state index in [-0.39, 0.29) is 17.5 Å². The Balaban J connectivity index is 1.81. The van der Waals surface area contributed by atoms with E-state index in [2.05, 4.69) is 24.8 Å². The van der Waals surface area contributed by atoms with Crippen molar-refractivity contribution in [3.05, 3.63) is 41.5 Å². The molecule has 20 heavy (non-hydrogen) atoms. The summed E-state index contributed by atoms with van der Waals surface area (Å²) in [7, 11) is 0. The van der Waals surface area contributed by atoms with Crippen molar-refractivity contribution in [2.75, 3.05) is 6.54 Å². The zero-order valence-electron chi connectivity index (χ0n) is 10.3. The molecular weight excluding hydrogens is 268 g/mol. The normalized spacial score (nSPS) is 22.6. The highest BCUT2D eigenvalue weighted by molar-refractivity contribution is 5.52. The molecule has 0 radical (unpaired) electrons. The van der Waals surface area contributed by atoms with Crippen molar-refractivity contribution < 1.29 is 18.3 Å². The maximum atomic E-state index is 13.2. The van der Waals surface area contributed by atoms with Crippen molar-refractivity contribution in [2.45, 2.75) is 18.8 Å². The molecule has 0 saturated heterocycles. The molecule has 2 aromatic rings. The number of halogens is 2. The molecule has 4 rings (SSSR count). The van der Waals surface area contributed by atoms with Crippen LogP contribution in [0.1, 0.15) is 23.0 Å². The number of imidazole rings is 1. The first-order valence-corrected chi connectivity index (χ1v) is 6.28. The van der Waals surface area contributed by atoms with Gasteiger partial charge in [0.2, 0.25) is 0 Å². The van der Waals surface area contributed by atoms with Gasteiger partial charge in [-0.05, 0) is 6.07 Å². The third-order valence-corrected chi connectivity index (χ3v) is 3.52. The van der Waals surface area contributed by atoms with Crippen molar-refractivity contribution in [3.8, 4) is 11.5 Å². The van der Waals surface area contributed by atoms with Gasteiger partial charge in [0.25, 0.3) is 0 Å². The number of rotatable bonds is 1. The van der Waals surface area contributed by atoms with Crippen LogP contribution in [0.3, 0.4) is 0 Å². The highest BCUT2D eigenvalue weighted by Gasteiger charge is 2.45. The van der Waals surface area contributed by atoms with Crippen LogP contribution in [0.15, 0.2) is 24.5 Å². The molecule has 2 aliphatic rings. The summed E-state index contributed by atoms with van der Waals surface area (Å²) in [5.74, 6) is 0.128. The Bertz CT molecular complexity index is 671. The van der Waals surface area contributed by atoms with Gasteiger partial charge in [0.1, 0.15) is 0 Å². The molecule has 0 bridgehead atoms. The Hall–Kier alpha value is -2.15. The fourth-order valence-electron chi connectivity index (χ4n) is 2.69.